The molecule has 0 aromatic heterocycles. The number of ether oxygens (including phenoxy) is 3. The SMILES string of the molecule is CCCCCCCCCC[C@@H](O)[C@H]1CC[C@H]([C@H]2CC[C@H]([C@H](O)CCC(O)CCCCCCCC(O)CC3=CC(C)OC3=O)O2)O1. The summed E-state index contributed by atoms with van der Waals surface area (Å²) in [6.45, 7) is 4.07. The molecular weight excluding hydrogens is 572 g/mol. The Morgan fingerprint density at radius 3 is 1.67 bits per heavy atom. The number of hydrogen-bond acceptors (Lipinski definition) is 8. The first-order valence-electron chi connectivity index (χ1n) is 18.7. The molecule has 3 aliphatic heterocycles. The number of esters is 1. The molecule has 262 valence electrons. The third-order valence-corrected chi connectivity index (χ3v) is 10.1. The molecule has 0 aromatic carbocycles. The molecule has 0 spiro atoms. The second kappa shape index (κ2) is 21.8. The van der Waals surface area contributed by atoms with Gasteiger partial charge in [0.25, 0.3) is 0 Å². The van der Waals surface area contributed by atoms with Gasteiger partial charge in [0.2, 0.25) is 0 Å². The number of aliphatic hydroxyl groups excluding tert-OH is 4. The Labute approximate surface area is 273 Å². The smallest absolute Gasteiger partial charge is 0.334 e. The van der Waals surface area contributed by atoms with Gasteiger partial charge in [0.05, 0.1) is 48.8 Å². The van der Waals surface area contributed by atoms with Crippen molar-refractivity contribution in [2.45, 2.75) is 216 Å². The van der Waals surface area contributed by atoms with Gasteiger partial charge < -0.3 is 34.6 Å². The number of rotatable bonds is 25. The van der Waals surface area contributed by atoms with E-state index < -0.39 is 24.4 Å². The van der Waals surface area contributed by atoms with E-state index in [1.54, 1.807) is 6.08 Å². The molecule has 0 radical (unpaired) electrons. The highest BCUT2D eigenvalue weighted by molar-refractivity contribution is 5.90. The van der Waals surface area contributed by atoms with Crippen molar-refractivity contribution < 1.29 is 39.4 Å². The predicted molar refractivity (Wildman–Crippen MR) is 177 cm³/mol. The normalized spacial score (nSPS) is 27.8. The van der Waals surface area contributed by atoms with Crippen LogP contribution < -0.4 is 0 Å². The molecule has 8 nitrogen and oxygen atoms in total. The van der Waals surface area contributed by atoms with Gasteiger partial charge in [0.15, 0.2) is 0 Å². The molecule has 0 bridgehead atoms. The molecule has 4 N–H and O–H groups in total. The van der Waals surface area contributed by atoms with E-state index in [0.717, 1.165) is 77.0 Å². The number of unbranched alkanes of at least 4 members (excludes halogenated alkanes) is 11. The van der Waals surface area contributed by atoms with Crippen molar-refractivity contribution in [3.63, 3.8) is 0 Å². The summed E-state index contributed by atoms with van der Waals surface area (Å²) in [5, 5.41) is 42.1. The minimum Gasteiger partial charge on any atom is -0.455 e. The standard InChI is InChI=1S/C37H66O8/c1-3-4-5-6-7-8-12-15-18-31(40)33-21-23-35(44-33)36-24-22-34(45-36)32(41)20-19-29(38)16-13-10-9-11-14-17-30(39)26-28-25-27(2)43-37(28)42/h25,27,29-36,38-41H,3-24,26H2,1-2H3/t27?,29?,30?,31-,32-,33-,34-,35-,36-/m1/s1. The fourth-order valence-corrected chi connectivity index (χ4v) is 7.29. The Kier molecular flexibility index (Phi) is 18.6. The van der Waals surface area contributed by atoms with Gasteiger partial charge in [-0.15, -0.1) is 0 Å². The highest BCUT2D eigenvalue weighted by atomic mass is 16.6. The van der Waals surface area contributed by atoms with E-state index in [-0.39, 0.29) is 36.5 Å². The van der Waals surface area contributed by atoms with Gasteiger partial charge in [-0.2, -0.15) is 0 Å². The lowest BCUT2D eigenvalue weighted by atomic mass is 9.99. The molecule has 45 heavy (non-hydrogen) atoms. The summed E-state index contributed by atoms with van der Waals surface area (Å²) < 4.78 is 17.6. The first-order valence-corrected chi connectivity index (χ1v) is 18.7. The second-order valence-electron chi connectivity index (χ2n) is 14.2. The van der Waals surface area contributed by atoms with E-state index >= 15 is 0 Å². The molecular formula is C37H66O8. The summed E-state index contributed by atoms with van der Waals surface area (Å²) in [4.78, 5) is 11.7. The number of carbonyl (C=O) groups excluding carboxylic acids is 1. The first kappa shape index (κ1) is 38.4. The third-order valence-electron chi connectivity index (χ3n) is 10.1. The summed E-state index contributed by atoms with van der Waals surface area (Å²) in [6, 6.07) is 0. The molecule has 3 rings (SSSR count). The lowest BCUT2D eigenvalue weighted by Crippen LogP contribution is -2.33. The van der Waals surface area contributed by atoms with E-state index in [9.17, 15) is 25.2 Å². The van der Waals surface area contributed by atoms with Gasteiger partial charge in [-0.05, 0) is 70.8 Å². The van der Waals surface area contributed by atoms with E-state index in [1.165, 1.54) is 44.9 Å². The molecule has 3 unspecified atom stereocenters. The van der Waals surface area contributed by atoms with Gasteiger partial charge in [0.1, 0.15) is 6.10 Å². The third kappa shape index (κ3) is 14.7. The number of hydrogen-bond donors (Lipinski definition) is 4. The maximum atomic E-state index is 11.7. The van der Waals surface area contributed by atoms with Gasteiger partial charge in [-0.1, -0.05) is 90.4 Å². The quantitative estimate of drug-likeness (QED) is 0.0634. The van der Waals surface area contributed by atoms with E-state index in [2.05, 4.69) is 6.92 Å². The largest absolute Gasteiger partial charge is 0.455 e. The first-order chi connectivity index (χ1) is 21.8. The lowest BCUT2D eigenvalue weighted by Gasteiger charge is -2.24. The van der Waals surface area contributed by atoms with Gasteiger partial charge in [-0.25, -0.2) is 4.79 Å². The van der Waals surface area contributed by atoms with Gasteiger partial charge in [0, 0.05) is 12.0 Å². The number of cyclic esters (lactones) is 1. The highest BCUT2D eigenvalue weighted by Crippen LogP contribution is 2.34. The van der Waals surface area contributed by atoms with Crippen molar-refractivity contribution in [2.75, 3.05) is 0 Å². The van der Waals surface area contributed by atoms with Crippen LogP contribution >= 0.6 is 0 Å². The van der Waals surface area contributed by atoms with Crippen molar-refractivity contribution in [2.24, 2.45) is 0 Å². The van der Waals surface area contributed by atoms with Crippen LogP contribution in [0.15, 0.2) is 11.6 Å². The van der Waals surface area contributed by atoms with Crippen LogP contribution in [0.4, 0.5) is 0 Å². The second-order valence-corrected chi connectivity index (χ2v) is 14.2. The molecule has 2 fully saturated rings. The van der Waals surface area contributed by atoms with Crippen LogP contribution in [0.5, 0.6) is 0 Å². The van der Waals surface area contributed by atoms with Crippen LogP contribution in [-0.2, 0) is 19.0 Å². The van der Waals surface area contributed by atoms with Crippen LogP contribution in [0.3, 0.4) is 0 Å². The van der Waals surface area contributed by atoms with Crippen LogP contribution in [0.25, 0.3) is 0 Å². The summed E-state index contributed by atoms with van der Waals surface area (Å²) >= 11 is 0. The summed E-state index contributed by atoms with van der Waals surface area (Å²) in [7, 11) is 0. The highest BCUT2D eigenvalue weighted by Gasteiger charge is 2.40. The number of carbonyl (C=O) groups is 1. The summed E-state index contributed by atoms with van der Waals surface area (Å²) in [6.07, 6.45) is 21.6. The maximum Gasteiger partial charge on any atom is 0.334 e. The average Bonchev–Trinajstić information content (AvgIpc) is 3.77. The molecule has 3 aliphatic rings. The Bertz CT molecular complexity index is 833. The van der Waals surface area contributed by atoms with E-state index in [4.69, 9.17) is 14.2 Å². The zero-order valence-electron chi connectivity index (χ0n) is 28.5. The van der Waals surface area contributed by atoms with Gasteiger partial charge in [-0.3, -0.25) is 0 Å². The fraction of sp³-hybridized carbons (Fsp3) is 0.919. The minimum atomic E-state index is -0.578. The fourth-order valence-electron chi connectivity index (χ4n) is 7.29. The number of aliphatic hydroxyl groups is 4. The molecule has 2 saturated heterocycles. The molecule has 0 saturated carbocycles. The molecule has 0 aliphatic carbocycles. The van der Waals surface area contributed by atoms with E-state index in [1.807, 2.05) is 6.92 Å². The predicted octanol–water partition coefficient (Wildman–Crippen LogP) is 6.83. The Morgan fingerprint density at radius 1 is 0.644 bits per heavy atom. The van der Waals surface area contributed by atoms with Crippen molar-refractivity contribution in [3.8, 4) is 0 Å². The Balaban J connectivity index is 1.16. The Morgan fingerprint density at radius 2 is 1.13 bits per heavy atom. The van der Waals surface area contributed by atoms with Crippen molar-refractivity contribution in [3.05, 3.63) is 11.6 Å². The summed E-state index contributed by atoms with van der Waals surface area (Å²) in [5.74, 6) is -0.305. The molecule has 9 atom stereocenters. The molecule has 0 amide bonds. The minimum absolute atomic E-state index is 0.00146. The van der Waals surface area contributed by atoms with Crippen LogP contribution in [0, 0.1) is 0 Å². The van der Waals surface area contributed by atoms with E-state index in [0.29, 0.717) is 31.3 Å². The zero-order valence-corrected chi connectivity index (χ0v) is 28.5. The van der Waals surface area contributed by atoms with Crippen LogP contribution in [-0.4, -0.2) is 81.3 Å². The Hall–Kier alpha value is -1.03. The van der Waals surface area contributed by atoms with Crippen molar-refractivity contribution in [1.29, 1.82) is 0 Å². The molecule has 8 heteroatoms. The van der Waals surface area contributed by atoms with Crippen LogP contribution in [0.1, 0.15) is 162 Å². The summed E-state index contributed by atoms with van der Waals surface area (Å²) in [5.41, 5.74) is 0.588. The topological polar surface area (TPSA) is 126 Å². The average molecular weight is 639 g/mol. The molecule has 3 heterocycles. The van der Waals surface area contributed by atoms with Crippen LogP contribution in [0.2, 0.25) is 0 Å². The lowest BCUT2D eigenvalue weighted by molar-refractivity contribution is -0.139. The van der Waals surface area contributed by atoms with Crippen molar-refractivity contribution in [1.82, 2.24) is 0 Å². The monoisotopic (exact) mass is 638 g/mol. The maximum absolute atomic E-state index is 11.7. The molecule has 0 aromatic rings. The zero-order chi connectivity index (χ0) is 32.4. The van der Waals surface area contributed by atoms with Gasteiger partial charge >= 0.3 is 5.97 Å². The van der Waals surface area contributed by atoms with Crippen molar-refractivity contribution >= 4 is 5.97 Å².